The summed E-state index contributed by atoms with van der Waals surface area (Å²) in [5.74, 6) is -1.13. The van der Waals surface area contributed by atoms with Crippen LogP contribution in [-0.4, -0.2) is 35.7 Å². The van der Waals surface area contributed by atoms with Gasteiger partial charge < -0.3 is 19.1 Å². The summed E-state index contributed by atoms with van der Waals surface area (Å²) in [5.41, 5.74) is 0.267. The molecule has 7 nitrogen and oxygen atoms in total. The van der Waals surface area contributed by atoms with E-state index in [1.54, 1.807) is 0 Å². The van der Waals surface area contributed by atoms with Crippen molar-refractivity contribution in [2.24, 2.45) is 0 Å². The maximum absolute atomic E-state index is 13.9. The summed E-state index contributed by atoms with van der Waals surface area (Å²) in [6.45, 7) is 0. The fourth-order valence-electron chi connectivity index (χ4n) is 2.78. The van der Waals surface area contributed by atoms with Gasteiger partial charge in [0, 0.05) is 12.3 Å². The molecule has 0 atom stereocenters. The molecule has 0 fully saturated rings. The molecule has 28 heavy (non-hydrogen) atoms. The number of nitrogens with zero attached hydrogens (tertiary/aromatic N) is 1. The Kier molecular flexibility index (Phi) is 5.22. The molecule has 0 spiro atoms. The maximum Gasteiger partial charge on any atom is 0.351 e. The molecule has 0 radical (unpaired) electrons. The maximum atomic E-state index is 13.9. The highest BCUT2D eigenvalue weighted by Gasteiger charge is 2.37. The van der Waals surface area contributed by atoms with Gasteiger partial charge in [0.25, 0.3) is 0 Å². The van der Waals surface area contributed by atoms with Gasteiger partial charge in [-0.1, -0.05) is 11.6 Å². The summed E-state index contributed by atoms with van der Waals surface area (Å²) >= 11 is 6.21. The highest BCUT2D eigenvalue weighted by atomic mass is 35.5. The molecule has 0 aliphatic carbocycles. The van der Waals surface area contributed by atoms with Crippen molar-refractivity contribution in [1.82, 2.24) is 0 Å². The zero-order valence-corrected chi connectivity index (χ0v) is 16.6. The lowest BCUT2D eigenvalue weighted by atomic mass is 10.2. The summed E-state index contributed by atoms with van der Waals surface area (Å²) in [6.07, 6.45) is 1.05. The van der Waals surface area contributed by atoms with Crippen LogP contribution in [0.4, 0.5) is 15.8 Å². The monoisotopic (exact) mass is 427 g/mol. The summed E-state index contributed by atoms with van der Waals surface area (Å²) in [4.78, 5) is 12.5. The van der Waals surface area contributed by atoms with Gasteiger partial charge in [-0.25, -0.2) is 17.6 Å². The number of rotatable bonds is 4. The van der Waals surface area contributed by atoms with E-state index in [2.05, 4.69) is 4.74 Å². The first kappa shape index (κ1) is 20.0. The van der Waals surface area contributed by atoms with E-state index in [4.69, 9.17) is 21.1 Å². The van der Waals surface area contributed by atoms with Crippen molar-refractivity contribution in [3.05, 3.63) is 52.3 Å². The highest BCUT2D eigenvalue weighted by Crippen LogP contribution is 2.46. The number of ether oxygens (including phenoxy) is 3. The van der Waals surface area contributed by atoms with E-state index < -0.39 is 26.5 Å². The number of anilines is 2. The molecule has 0 N–H and O–H groups in total. The van der Waals surface area contributed by atoms with Crippen molar-refractivity contribution in [1.29, 1.82) is 0 Å². The Morgan fingerprint density at radius 3 is 2.32 bits per heavy atom. The number of carbonyl (C=O) groups excluding carboxylic acids is 1. The van der Waals surface area contributed by atoms with Crippen molar-refractivity contribution in [3.63, 3.8) is 0 Å². The molecule has 2 aromatic rings. The Labute approximate surface area is 165 Å². The van der Waals surface area contributed by atoms with E-state index in [9.17, 15) is 17.6 Å². The summed E-state index contributed by atoms with van der Waals surface area (Å²) in [5, 5.41) is 0.206. The van der Waals surface area contributed by atoms with Gasteiger partial charge in [-0.05, 0) is 24.3 Å². The third-order valence-corrected chi connectivity index (χ3v) is 6.18. The van der Waals surface area contributed by atoms with E-state index in [0.717, 1.165) is 31.5 Å². The molecule has 148 valence electrons. The van der Waals surface area contributed by atoms with Crippen LogP contribution in [0.5, 0.6) is 11.5 Å². The molecule has 0 bridgehead atoms. The molecule has 3 rings (SSSR count). The second-order valence-electron chi connectivity index (χ2n) is 5.63. The number of fused-ring (bicyclic) bond motifs is 1. The molecule has 10 heteroatoms. The quantitative estimate of drug-likeness (QED) is 0.546. The molecular formula is C18H15ClFNO6S. The normalized spacial score (nSPS) is 14.8. The van der Waals surface area contributed by atoms with Crippen molar-refractivity contribution >= 4 is 38.8 Å². The second kappa shape index (κ2) is 7.33. The first-order chi connectivity index (χ1) is 13.2. The highest BCUT2D eigenvalue weighted by molar-refractivity contribution is 7.96. The number of sulfone groups is 1. The van der Waals surface area contributed by atoms with Crippen LogP contribution in [0.1, 0.15) is 0 Å². The van der Waals surface area contributed by atoms with Crippen LogP contribution in [-0.2, 0) is 19.4 Å². The number of hydrogen-bond acceptors (Lipinski definition) is 7. The average Bonchev–Trinajstić information content (AvgIpc) is 2.67. The molecule has 0 amide bonds. The third kappa shape index (κ3) is 3.16. The van der Waals surface area contributed by atoms with E-state index in [1.165, 1.54) is 31.3 Å². The van der Waals surface area contributed by atoms with Crippen LogP contribution in [0, 0.1) is 5.82 Å². The average molecular weight is 428 g/mol. The van der Waals surface area contributed by atoms with Crippen LogP contribution >= 0.6 is 11.6 Å². The molecule has 0 aromatic heterocycles. The number of carbonyl (C=O) groups is 1. The third-order valence-electron chi connectivity index (χ3n) is 4.11. The lowest BCUT2D eigenvalue weighted by molar-refractivity contribution is -0.135. The zero-order chi connectivity index (χ0) is 20.6. The predicted molar refractivity (Wildman–Crippen MR) is 100 cm³/mol. The van der Waals surface area contributed by atoms with Crippen LogP contribution in [0.2, 0.25) is 5.02 Å². The minimum atomic E-state index is -4.21. The Morgan fingerprint density at radius 1 is 1.04 bits per heavy atom. The largest absolute Gasteiger partial charge is 0.495 e. The minimum Gasteiger partial charge on any atom is -0.495 e. The van der Waals surface area contributed by atoms with Crippen LogP contribution in [0.25, 0.3) is 0 Å². The Bertz CT molecular complexity index is 1100. The van der Waals surface area contributed by atoms with Crippen LogP contribution < -0.4 is 14.4 Å². The minimum absolute atomic E-state index is 0.00723. The smallest absolute Gasteiger partial charge is 0.351 e. The van der Waals surface area contributed by atoms with Crippen molar-refractivity contribution in [2.75, 3.05) is 26.2 Å². The van der Waals surface area contributed by atoms with Gasteiger partial charge in [-0.3, -0.25) is 0 Å². The van der Waals surface area contributed by atoms with Gasteiger partial charge in [0.15, 0.2) is 4.91 Å². The molecular weight excluding hydrogens is 413 g/mol. The molecule has 1 heterocycles. The van der Waals surface area contributed by atoms with Crippen molar-refractivity contribution < 1.29 is 31.8 Å². The fourth-order valence-corrected chi connectivity index (χ4v) is 4.47. The van der Waals surface area contributed by atoms with Crippen LogP contribution in [0.15, 0.2) is 46.3 Å². The van der Waals surface area contributed by atoms with Gasteiger partial charge in [-0.2, -0.15) is 0 Å². The summed E-state index contributed by atoms with van der Waals surface area (Å²) < 4.78 is 54.7. The van der Waals surface area contributed by atoms with Gasteiger partial charge in [0.2, 0.25) is 9.84 Å². The van der Waals surface area contributed by atoms with Gasteiger partial charge in [0.1, 0.15) is 17.3 Å². The topological polar surface area (TPSA) is 82.1 Å². The van der Waals surface area contributed by atoms with Crippen molar-refractivity contribution in [3.8, 4) is 11.5 Å². The van der Waals surface area contributed by atoms with Gasteiger partial charge >= 0.3 is 5.97 Å². The van der Waals surface area contributed by atoms with E-state index in [-0.39, 0.29) is 27.0 Å². The molecule has 0 unspecified atom stereocenters. The SMILES string of the molecule is COC(=O)C1=CN(c2cc(Cl)c(OC)cc2OC)c2cc(F)ccc2S1(=O)=O. The predicted octanol–water partition coefficient (Wildman–Crippen LogP) is 3.44. The van der Waals surface area contributed by atoms with Gasteiger partial charge in [0.05, 0.1) is 42.6 Å². The number of methoxy groups -OCH3 is 3. The van der Waals surface area contributed by atoms with E-state index >= 15 is 0 Å². The number of esters is 1. The van der Waals surface area contributed by atoms with E-state index in [0.29, 0.717) is 5.75 Å². The molecule has 2 aromatic carbocycles. The lowest BCUT2D eigenvalue weighted by Gasteiger charge is -2.29. The van der Waals surface area contributed by atoms with Gasteiger partial charge in [-0.15, -0.1) is 0 Å². The van der Waals surface area contributed by atoms with E-state index in [1.807, 2.05) is 0 Å². The molecule has 1 aliphatic rings. The zero-order valence-electron chi connectivity index (χ0n) is 15.0. The standard InChI is InChI=1S/C18H15ClFNO6S/c1-25-14-8-15(26-2)12(7-11(14)19)21-9-17(18(22)27-3)28(23,24)16-5-4-10(20)6-13(16)21/h4-9H,1-3H3. The fraction of sp³-hybridized carbons (Fsp3) is 0.167. The first-order valence-electron chi connectivity index (χ1n) is 7.80. The Hall–Kier alpha value is -2.78. The van der Waals surface area contributed by atoms with Crippen molar-refractivity contribution in [2.45, 2.75) is 4.90 Å². The summed E-state index contributed by atoms with van der Waals surface area (Å²) in [6, 6.07) is 6.06. The molecule has 0 saturated heterocycles. The molecule has 1 aliphatic heterocycles. The Balaban J connectivity index is 2.35. The number of hydrogen-bond donors (Lipinski definition) is 0. The lowest BCUT2D eigenvalue weighted by Crippen LogP contribution is -2.26. The molecule has 0 saturated carbocycles. The number of halogens is 2. The Morgan fingerprint density at radius 2 is 1.71 bits per heavy atom. The second-order valence-corrected chi connectivity index (χ2v) is 7.92. The van der Waals surface area contributed by atoms with Crippen LogP contribution in [0.3, 0.4) is 0 Å². The summed E-state index contributed by atoms with van der Waals surface area (Å²) in [7, 11) is -0.334. The first-order valence-corrected chi connectivity index (χ1v) is 9.66. The number of benzene rings is 2.